The molecular formula is C18H20N2S. The highest BCUT2D eigenvalue weighted by Crippen LogP contribution is 2.28. The van der Waals surface area contributed by atoms with Crippen LogP contribution in [0, 0.1) is 5.92 Å². The summed E-state index contributed by atoms with van der Waals surface area (Å²) in [6, 6.07) is 15.0. The van der Waals surface area contributed by atoms with Crippen molar-refractivity contribution in [2.24, 2.45) is 5.92 Å². The molecule has 0 aliphatic rings. The van der Waals surface area contributed by atoms with Crippen LogP contribution < -0.4 is 5.32 Å². The Morgan fingerprint density at radius 3 is 2.71 bits per heavy atom. The average molecular weight is 296 g/mol. The molecule has 3 heteroatoms. The molecule has 0 bridgehead atoms. The first-order valence-corrected chi connectivity index (χ1v) is 8.18. The highest BCUT2D eigenvalue weighted by Gasteiger charge is 2.05. The van der Waals surface area contributed by atoms with Crippen LogP contribution in [0.1, 0.15) is 18.7 Å². The maximum Gasteiger partial charge on any atom is 0.123 e. The SMILES string of the molecule is CC(C)CNCc1cnc(-c2ccc3ccccc3c2)s1. The molecule has 0 amide bonds. The maximum atomic E-state index is 4.57. The van der Waals surface area contributed by atoms with Crippen molar-refractivity contribution in [3.05, 3.63) is 53.5 Å². The molecule has 0 aliphatic heterocycles. The van der Waals surface area contributed by atoms with Crippen molar-refractivity contribution in [1.29, 1.82) is 0 Å². The maximum absolute atomic E-state index is 4.57. The first-order valence-electron chi connectivity index (χ1n) is 7.37. The van der Waals surface area contributed by atoms with Crippen LogP contribution in [-0.2, 0) is 6.54 Å². The smallest absolute Gasteiger partial charge is 0.123 e. The van der Waals surface area contributed by atoms with Gasteiger partial charge < -0.3 is 5.32 Å². The fourth-order valence-electron chi connectivity index (χ4n) is 2.33. The summed E-state index contributed by atoms with van der Waals surface area (Å²) in [5.74, 6) is 0.679. The summed E-state index contributed by atoms with van der Waals surface area (Å²) >= 11 is 1.77. The van der Waals surface area contributed by atoms with Gasteiger partial charge in [0.15, 0.2) is 0 Å². The third-order valence-electron chi connectivity index (χ3n) is 3.40. The van der Waals surface area contributed by atoms with Gasteiger partial charge in [0.2, 0.25) is 0 Å². The number of aromatic nitrogens is 1. The lowest BCUT2D eigenvalue weighted by Gasteiger charge is -2.04. The van der Waals surface area contributed by atoms with Gasteiger partial charge in [-0.3, -0.25) is 0 Å². The lowest BCUT2D eigenvalue weighted by Crippen LogP contribution is -2.18. The number of rotatable bonds is 5. The molecule has 21 heavy (non-hydrogen) atoms. The Hall–Kier alpha value is -1.71. The lowest BCUT2D eigenvalue weighted by atomic mass is 10.1. The van der Waals surface area contributed by atoms with Crippen LogP contribution in [0.25, 0.3) is 21.3 Å². The van der Waals surface area contributed by atoms with Crippen molar-refractivity contribution in [3.63, 3.8) is 0 Å². The van der Waals surface area contributed by atoms with Crippen molar-refractivity contribution in [3.8, 4) is 10.6 Å². The predicted octanol–water partition coefficient (Wildman–Crippen LogP) is 4.71. The minimum absolute atomic E-state index is 0.679. The molecule has 0 radical (unpaired) electrons. The number of thiazole rings is 1. The van der Waals surface area contributed by atoms with E-state index in [4.69, 9.17) is 0 Å². The highest BCUT2D eigenvalue weighted by atomic mass is 32.1. The van der Waals surface area contributed by atoms with E-state index in [1.54, 1.807) is 11.3 Å². The van der Waals surface area contributed by atoms with E-state index < -0.39 is 0 Å². The second kappa shape index (κ2) is 6.37. The Kier molecular flexibility index (Phi) is 4.32. The number of hydrogen-bond donors (Lipinski definition) is 1. The minimum atomic E-state index is 0.679. The summed E-state index contributed by atoms with van der Waals surface area (Å²) in [6.45, 7) is 6.40. The Morgan fingerprint density at radius 2 is 1.90 bits per heavy atom. The molecule has 0 saturated heterocycles. The van der Waals surface area contributed by atoms with Crippen LogP contribution in [0.4, 0.5) is 0 Å². The fourth-order valence-corrected chi connectivity index (χ4v) is 3.21. The molecule has 0 unspecified atom stereocenters. The minimum Gasteiger partial charge on any atom is -0.312 e. The third-order valence-corrected chi connectivity index (χ3v) is 4.45. The van der Waals surface area contributed by atoms with Gasteiger partial charge in [0, 0.05) is 23.2 Å². The van der Waals surface area contributed by atoms with Crippen molar-refractivity contribution in [1.82, 2.24) is 10.3 Å². The lowest BCUT2D eigenvalue weighted by molar-refractivity contribution is 0.554. The summed E-state index contributed by atoms with van der Waals surface area (Å²) in [5.41, 5.74) is 1.20. The van der Waals surface area contributed by atoms with E-state index >= 15 is 0 Å². The van der Waals surface area contributed by atoms with E-state index in [1.807, 2.05) is 6.20 Å². The number of benzene rings is 2. The van der Waals surface area contributed by atoms with Crippen LogP contribution >= 0.6 is 11.3 Å². The van der Waals surface area contributed by atoms with Gasteiger partial charge in [-0.2, -0.15) is 0 Å². The molecule has 2 nitrogen and oxygen atoms in total. The second-order valence-electron chi connectivity index (χ2n) is 5.72. The van der Waals surface area contributed by atoms with Crippen molar-refractivity contribution < 1.29 is 0 Å². The molecule has 2 aromatic carbocycles. The van der Waals surface area contributed by atoms with Gasteiger partial charge in [-0.1, -0.05) is 50.2 Å². The van der Waals surface area contributed by atoms with Crippen LogP contribution in [0.15, 0.2) is 48.7 Å². The zero-order valence-corrected chi connectivity index (χ0v) is 13.3. The Labute approximate surface area is 129 Å². The van der Waals surface area contributed by atoms with Gasteiger partial charge in [0.1, 0.15) is 5.01 Å². The van der Waals surface area contributed by atoms with E-state index in [0.29, 0.717) is 5.92 Å². The molecule has 0 fully saturated rings. The zero-order chi connectivity index (χ0) is 14.7. The van der Waals surface area contributed by atoms with Gasteiger partial charge in [-0.05, 0) is 29.3 Å². The largest absolute Gasteiger partial charge is 0.312 e. The molecule has 0 spiro atoms. The molecule has 0 atom stereocenters. The van der Waals surface area contributed by atoms with E-state index in [2.05, 4.69) is 66.6 Å². The third kappa shape index (κ3) is 3.49. The van der Waals surface area contributed by atoms with Gasteiger partial charge in [0.25, 0.3) is 0 Å². The fraction of sp³-hybridized carbons (Fsp3) is 0.278. The van der Waals surface area contributed by atoms with Crippen LogP contribution in [-0.4, -0.2) is 11.5 Å². The normalized spacial score (nSPS) is 11.4. The Morgan fingerprint density at radius 1 is 1.10 bits per heavy atom. The second-order valence-corrected chi connectivity index (χ2v) is 6.83. The predicted molar refractivity (Wildman–Crippen MR) is 91.6 cm³/mol. The molecule has 1 N–H and O–H groups in total. The van der Waals surface area contributed by atoms with Crippen molar-refractivity contribution in [2.45, 2.75) is 20.4 Å². The van der Waals surface area contributed by atoms with Crippen molar-refractivity contribution >= 4 is 22.1 Å². The van der Waals surface area contributed by atoms with Crippen LogP contribution in [0.3, 0.4) is 0 Å². The Balaban J connectivity index is 1.77. The first kappa shape index (κ1) is 14.2. The van der Waals surface area contributed by atoms with Crippen LogP contribution in [0.2, 0.25) is 0 Å². The molecule has 1 aromatic heterocycles. The van der Waals surface area contributed by atoms with E-state index in [1.165, 1.54) is 21.2 Å². The first-order chi connectivity index (χ1) is 10.2. The molecule has 108 valence electrons. The number of nitrogens with one attached hydrogen (secondary N) is 1. The van der Waals surface area contributed by atoms with E-state index in [0.717, 1.165) is 18.1 Å². The molecule has 0 aliphatic carbocycles. The summed E-state index contributed by atoms with van der Waals surface area (Å²) in [5, 5.41) is 7.11. The van der Waals surface area contributed by atoms with Gasteiger partial charge in [-0.15, -0.1) is 11.3 Å². The summed E-state index contributed by atoms with van der Waals surface area (Å²) in [7, 11) is 0. The molecule has 3 rings (SSSR count). The number of nitrogens with zero attached hydrogens (tertiary/aromatic N) is 1. The van der Waals surface area contributed by atoms with Gasteiger partial charge in [0.05, 0.1) is 0 Å². The molecule has 1 heterocycles. The van der Waals surface area contributed by atoms with Crippen LogP contribution in [0.5, 0.6) is 0 Å². The Bertz CT molecular complexity index is 731. The van der Waals surface area contributed by atoms with Gasteiger partial charge >= 0.3 is 0 Å². The molecule has 3 aromatic rings. The molecule has 0 saturated carbocycles. The summed E-state index contributed by atoms with van der Waals surface area (Å²) in [6.07, 6.45) is 1.99. The van der Waals surface area contributed by atoms with E-state index in [-0.39, 0.29) is 0 Å². The standard InChI is InChI=1S/C18H20N2S/c1-13(2)10-19-11-17-12-20-18(21-17)16-8-7-14-5-3-4-6-15(14)9-16/h3-9,12-13,19H,10-11H2,1-2H3. The van der Waals surface area contributed by atoms with Gasteiger partial charge in [-0.25, -0.2) is 4.98 Å². The molecular weight excluding hydrogens is 276 g/mol. The monoisotopic (exact) mass is 296 g/mol. The summed E-state index contributed by atoms with van der Waals surface area (Å²) < 4.78 is 0. The number of fused-ring (bicyclic) bond motifs is 1. The van der Waals surface area contributed by atoms with Crippen molar-refractivity contribution in [2.75, 3.05) is 6.54 Å². The topological polar surface area (TPSA) is 24.9 Å². The van der Waals surface area contributed by atoms with E-state index in [9.17, 15) is 0 Å². The quantitative estimate of drug-likeness (QED) is 0.737. The number of hydrogen-bond acceptors (Lipinski definition) is 3. The average Bonchev–Trinajstić information content (AvgIpc) is 2.95. The highest BCUT2D eigenvalue weighted by molar-refractivity contribution is 7.15. The summed E-state index contributed by atoms with van der Waals surface area (Å²) in [4.78, 5) is 5.86. The zero-order valence-electron chi connectivity index (χ0n) is 12.5.